The maximum Gasteiger partial charge on any atom is 0.408 e. The second kappa shape index (κ2) is 10.4. The van der Waals surface area contributed by atoms with Gasteiger partial charge < -0.3 is 9.64 Å². The number of nitrogens with zero attached hydrogens (tertiary/aromatic N) is 3. The first-order valence-electron chi connectivity index (χ1n) is 12.0. The van der Waals surface area contributed by atoms with Crippen molar-refractivity contribution in [3.05, 3.63) is 87.9 Å². The van der Waals surface area contributed by atoms with E-state index in [1.54, 1.807) is 28.9 Å². The Balaban J connectivity index is 1.79. The highest BCUT2D eigenvalue weighted by atomic mass is 35.5. The highest BCUT2D eigenvalue weighted by molar-refractivity contribution is 7.98. The van der Waals surface area contributed by atoms with E-state index in [2.05, 4.69) is 0 Å². The zero-order valence-electron chi connectivity index (χ0n) is 20.9. The molecule has 0 unspecified atom stereocenters. The zero-order chi connectivity index (χ0) is 28.1. The molecule has 3 aliphatic rings. The van der Waals surface area contributed by atoms with Gasteiger partial charge >= 0.3 is 12.1 Å². The Kier molecular flexibility index (Phi) is 7.25. The highest BCUT2D eigenvalue weighted by Crippen LogP contribution is 2.47. The topological polar surface area (TPSA) is 70.2 Å². The summed E-state index contributed by atoms with van der Waals surface area (Å²) in [6, 6.07) is 9.97. The second-order valence-electron chi connectivity index (χ2n) is 9.28. The molecule has 0 spiro atoms. The number of fused-ring (bicyclic) bond motifs is 3. The molecule has 0 N–H and O–H groups in total. The smallest absolute Gasteiger partial charge is 0.408 e. The minimum absolute atomic E-state index is 0.317. The number of allylic oxidation sites excluding steroid dienone is 2. The number of halogens is 4. The Morgan fingerprint density at radius 1 is 1.15 bits per heavy atom. The predicted octanol–water partition coefficient (Wildman–Crippen LogP) is 5.57. The van der Waals surface area contributed by atoms with Gasteiger partial charge in [0.05, 0.1) is 19.1 Å². The lowest BCUT2D eigenvalue weighted by molar-refractivity contribution is -0.203. The molecule has 0 saturated carbocycles. The number of alkyl halides is 3. The van der Waals surface area contributed by atoms with Crippen molar-refractivity contribution in [2.45, 2.75) is 49.2 Å². The molecular formula is C27H23ClF3N3O4S. The van der Waals surface area contributed by atoms with E-state index in [9.17, 15) is 27.6 Å². The highest BCUT2D eigenvalue weighted by Gasteiger charge is 2.50. The fourth-order valence-corrected chi connectivity index (χ4v) is 6.31. The van der Waals surface area contributed by atoms with Crippen LogP contribution < -0.4 is 0 Å². The van der Waals surface area contributed by atoms with Crippen molar-refractivity contribution in [2.75, 3.05) is 6.67 Å². The molecule has 0 aliphatic carbocycles. The summed E-state index contributed by atoms with van der Waals surface area (Å²) < 4.78 is 47.4. The van der Waals surface area contributed by atoms with E-state index in [0.29, 0.717) is 21.2 Å². The van der Waals surface area contributed by atoms with Gasteiger partial charge in [0.2, 0.25) is 0 Å². The normalized spacial score (nSPS) is 20.6. The number of thioether (sulfide) groups is 1. The van der Waals surface area contributed by atoms with Crippen molar-refractivity contribution in [3.8, 4) is 0 Å². The monoisotopic (exact) mass is 577 g/mol. The van der Waals surface area contributed by atoms with E-state index in [0.717, 1.165) is 29.9 Å². The van der Waals surface area contributed by atoms with Crippen molar-refractivity contribution in [1.29, 1.82) is 0 Å². The molecule has 39 heavy (non-hydrogen) atoms. The number of rotatable bonds is 3. The van der Waals surface area contributed by atoms with Gasteiger partial charge in [-0.2, -0.15) is 18.2 Å². The minimum Gasteiger partial charge on any atom is -0.428 e. The Hall–Kier alpha value is -3.28. The van der Waals surface area contributed by atoms with Crippen LogP contribution in [0.3, 0.4) is 0 Å². The Labute approximate surface area is 231 Å². The molecule has 12 heteroatoms. The van der Waals surface area contributed by atoms with Crippen LogP contribution in [0.15, 0.2) is 71.1 Å². The third kappa shape index (κ3) is 5.06. The molecular weight excluding hydrogens is 555 g/mol. The van der Waals surface area contributed by atoms with Crippen LogP contribution in [0.2, 0.25) is 5.02 Å². The summed E-state index contributed by atoms with van der Waals surface area (Å²) in [4.78, 5) is 39.8. The number of esters is 1. The van der Waals surface area contributed by atoms with Crippen LogP contribution in [-0.2, 0) is 24.9 Å². The van der Waals surface area contributed by atoms with Gasteiger partial charge in [-0.15, -0.1) is 11.8 Å². The number of hydrogen-bond acceptors (Lipinski definition) is 7. The maximum absolute atomic E-state index is 14.0. The molecule has 204 valence electrons. The molecule has 0 aromatic heterocycles. The molecule has 7 nitrogen and oxygen atoms in total. The number of ketones is 1. The predicted molar refractivity (Wildman–Crippen MR) is 138 cm³/mol. The summed E-state index contributed by atoms with van der Waals surface area (Å²) in [5, 5.41) is 3.30. The van der Waals surface area contributed by atoms with Crippen molar-refractivity contribution in [1.82, 2.24) is 14.9 Å². The first-order valence-corrected chi connectivity index (χ1v) is 13.4. The molecule has 2 aromatic carbocycles. The van der Waals surface area contributed by atoms with Crippen LogP contribution in [-0.4, -0.2) is 51.5 Å². The Morgan fingerprint density at radius 3 is 2.62 bits per heavy atom. The Morgan fingerprint density at radius 2 is 1.90 bits per heavy atom. The van der Waals surface area contributed by atoms with Crippen molar-refractivity contribution in [3.63, 3.8) is 0 Å². The van der Waals surface area contributed by atoms with Gasteiger partial charge in [-0.05, 0) is 41.8 Å². The average Bonchev–Trinajstić information content (AvgIpc) is 3.14. The third-order valence-corrected chi connectivity index (χ3v) is 8.25. The summed E-state index contributed by atoms with van der Waals surface area (Å²) >= 11 is 8.32. The second-order valence-corrected chi connectivity index (χ2v) is 10.7. The lowest BCUT2D eigenvalue weighted by Gasteiger charge is -2.49. The zero-order valence-corrected chi connectivity index (χ0v) is 22.4. The van der Waals surface area contributed by atoms with Crippen LogP contribution in [0, 0.1) is 0 Å². The van der Waals surface area contributed by atoms with Crippen molar-refractivity contribution < 1.29 is 32.3 Å². The van der Waals surface area contributed by atoms with Crippen LogP contribution in [0.25, 0.3) is 0 Å². The number of ether oxygens (including phenoxy) is 1. The standard InChI is InChI=1S/C27H23ClF3N3O4S/c1-15(27(29,30)31)32-14-34(33-11-10-18(36)12-21(38-16(2)35)25(33)26(32)37)24-19-7-3-4-9-22(19)39-13-17-6-5-8-20(28)23(17)24/h3-11,15,24H,12-14H2,1-2H3/t15-,24-/m1/s1. The van der Waals surface area contributed by atoms with E-state index >= 15 is 0 Å². The van der Waals surface area contributed by atoms with Gasteiger partial charge in [-0.3, -0.25) is 19.4 Å². The summed E-state index contributed by atoms with van der Waals surface area (Å²) in [5.41, 5.74) is 1.97. The van der Waals surface area contributed by atoms with E-state index in [1.807, 2.05) is 30.3 Å². The molecule has 1 saturated heterocycles. The van der Waals surface area contributed by atoms with Gasteiger partial charge in [0.15, 0.2) is 11.5 Å². The molecule has 1 amide bonds. The summed E-state index contributed by atoms with van der Waals surface area (Å²) in [6.07, 6.45) is -2.66. The first-order chi connectivity index (χ1) is 18.5. The SMILES string of the molecule is CC(=O)OC1=C2C(=O)N([C@H](C)C(F)(F)F)CN([C@@H]3c4ccccc4SCc4cccc(Cl)c43)N2C=CC(=O)C1. The quantitative estimate of drug-likeness (QED) is 0.442. The lowest BCUT2D eigenvalue weighted by atomic mass is 9.94. The van der Waals surface area contributed by atoms with E-state index in [-0.39, 0.29) is 11.5 Å². The molecule has 2 atom stereocenters. The minimum atomic E-state index is -4.74. The number of amides is 1. The average molecular weight is 578 g/mol. The van der Waals surface area contributed by atoms with Gasteiger partial charge in [0.1, 0.15) is 11.8 Å². The number of carbonyl (C=O) groups is 3. The van der Waals surface area contributed by atoms with Gasteiger partial charge in [0.25, 0.3) is 5.91 Å². The van der Waals surface area contributed by atoms with E-state index in [1.165, 1.54) is 17.3 Å². The summed E-state index contributed by atoms with van der Waals surface area (Å²) in [7, 11) is 0. The molecule has 5 rings (SSSR count). The largest absolute Gasteiger partial charge is 0.428 e. The van der Waals surface area contributed by atoms with Crippen LogP contribution in [0.1, 0.15) is 43.0 Å². The van der Waals surface area contributed by atoms with Crippen LogP contribution in [0.5, 0.6) is 0 Å². The van der Waals surface area contributed by atoms with Crippen molar-refractivity contribution >= 4 is 41.0 Å². The fourth-order valence-electron chi connectivity index (χ4n) is 4.92. The van der Waals surface area contributed by atoms with Gasteiger partial charge in [-0.25, -0.2) is 0 Å². The summed E-state index contributed by atoms with van der Waals surface area (Å²) in [6.45, 7) is 1.51. The van der Waals surface area contributed by atoms with E-state index < -0.39 is 49.0 Å². The molecule has 1 fully saturated rings. The van der Waals surface area contributed by atoms with Gasteiger partial charge in [0, 0.05) is 28.8 Å². The number of hydrogen-bond donors (Lipinski definition) is 0. The first kappa shape index (κ1) is 27.3. The van der Waals surface area contributed by atoms with Crippen LogP contribution in [0.4, 0.5) is 13.2 Å². The number of carbonyl (C=O) groups excluding carboxylic acids is 3. The van der Waals surface area contributed by atoms with Gasteiger partial charge in [-0.1, -0.05) is 41.9 Å². The Bertz CT molecular complexity index is 1430. The maximum atomic E-state index is 14.0. The summed E-state index contributed by atoms with van der Waals surface area (Å²) in [5.74, 6) is -2.05. The fraction of sp³-hybridized carbons (Fsp3) is 0.296. The molecule has 3 heterocycles. The van der Waals surface area contributed by atoms with E-state index in [4.69, 9.17) is 16.3 Å². The molecule has 2 aromatic rings. The molecule has 0 bridgehead atoms. The number of benzene rings is 2. The third-order valence-electron chi connectivity index (χ3n) is 6.79. The van der Waals surface area contributed by atoms with Crippen LogP contribution >= 0.6 is 23.4 Å². The lowest BCUT2D eigenvalue weighted by Crippen LogP contribution is -2.61. The molecule has 3 aliphatic heterocycles. The molecule has 0 radical (unpaired) electrons. The number of hydrazine groups is 1. The van der Waals surface area contributed by atoms with Crippen molar-refractivity contribution in [2.24, 2.45) is 0 Å².